The molecule has 0 aliphatic heterocycles. The third-order valence-electron chi connectivity index (χ3n) is 10.3. The van der Waals surface area contributed by atoms with Crippen LogP contribution >= 0.6 is 11.8 Å². The van der Waals surface area contributed by atoms with Crippen LogP contribution in [0.2, 0.25) is 0 Å². The zero-order valence-corrected chi connectivity index (χ0v) is 42.2. The van der Waals surface area contributed by atoms with Crippen molar-refractivity contribution in [3.63, 3.8) is 0 Å². The monoisotopic (exact) mass is 956 g/mol. The highest BCUT2D eigenvalue weighted by molar-refractivity contribution is 8.13. The van der Waals surface area contributed by atoms with Crippen molar-refractivity contribution >= 4 is 70.0 Å². The van der Waals surface area contributed by atoms with Crippen molar-refractivity contribution in [1.82, 2.24) is 42.5 Å². The number of thioether (sulfide) groups is 1. The van der Waals surface area contributed by atoms with Gasteiger partial charge >= 0.3 is 0 Å². The number of carbonyl (C=O) groups excluding carboxylic acids is 10. The Kier molecular flexibility index (Phi) is 29.0. The molecule has 0 bridgehead atoms. The number of primary amides is 1. The second-order valence-corrected chi connectivity index (χ2v) is 19.8. The predicted molar refractivity (Wildman–Crippen MR) is 253 cm³/mol. The SMILES string of the molecule is CC[C@H](C)[C@H](NC(=O)[C@@H](CC(C)C)NC(=O)[C@H](C)NC(=O)[C@@H](NC(=O)[C@@H](CC(C)C)NC(=O)[C@H](CC(C)C)NC(=O)[C@H](CCC(N)=O)NC(=O)C[C@@H](C)O)C(C)C)C(=O)SCCNC(C)=O. The molecule has 378 valence electrons. The average molecular weight is 956 g/mol. The van der Waals surface area contributed by atoms with Gasteiger partial charge in [-0.3, -0.25) is 47.9 Å². The molecule has 66 heavy (non-hydrogen) atoms. The van der Waals surface area contributed by atoms with Gasteiger partial charge in [0.1, 0.15) is 42.3 Å². The third kappa shape index (κ3) is 25.2. The Hall–Kier alpha value is -4.79. The van der Waals surface area contributed by atoms with Crippen molar-refractivity contribution in [3.8, 4) is 0 Å². The lowest BCUT2D eigenvalue weighted by molar-refractivity contribution is -0.136. The van der Waals surface area contributed by atoms with Crippen molar-refractivity contribution in [2.75, 3.05) is 12.3 Å². The number of carbonyl (C=O) groups is 10. The summed E-state index contributed by atoms with van der Waals surface area (Å²) < 4.78 is 0. The standard InChI is InChI=1S/C45H81N9O11S/c1-14-27(10)38(45(65)66-18-17-47-30(13)56)54-43(63)33(20-24(4)5)50-39(59)29(12)48-44(64)37(26(8)9)53-42(62)34(21-25(6)7)52-41(61)32(19-23(2)3)51-40(60)31(15-16-35(46)57)49-36(58)22-28(11)55/h23-29,31-34,37-38,55H,14-22H2,1-13H3,(H2,46,57)(H,47,56)(H,48,64)(H,49,58)(H,50,59)(H,51,60)(H,52,61)(H,53,62)(H,54,63)/t27-,28+,29-,31-,32-,33+,34+,37-,38-/m0/s1. The molecule has 20 nitrogen and oxygen atoms in total. The van der Waals surface area contributed by atoms with E-state index in [1.165, 1.54) is 20.8 Å². The highest BCUT2D eigenvalue weighted by atomic mass is 32.2. The summed E-state index contributed by atoms with van der Waals surface area (Å²) in [7, 11) is 0. The van der Waals surface area contributed by atoms with Crippen LogP contribution < -0.4 is 48.3 Å². The zero-order chi connectivity index (χ0) is 51.0. The summed E-state index contributed by atoms with van der Waals surface area (Å²) in [5.41, 5.74) is 5.29. The fraction of sp³-hybridized carbons (Fsp3) is 0.778. The number of nitrogens with two attached hydrogens (primary N) is 1. The number of nitrogens with one attached hydrogen (secondary N) is 8. The van der Waals surface area contributed by atoms with E-state index in [4.69, 9.17) is 5.73 Å². The van der Waals surface area contributed by atoms with Crippen molar-refractivity contribution in [2.45, 2.75) is 183 Å². The molecular weight excluding hydrogens is 875 g/mol. The van der Waals surface area contributed by atoms with Crippen molar-refractivity contribution in [2.24, 2.45) is 35.3 Å². The van der Waals surface area contributed by atoms with E-state index >= 15 is 0 Å². The van der Waals surface area contributed by atoms with Gasteiger partial charge < -0.3 is 53.4 Å². The van der Waals surface area contributed by atoms with Gasteiger partial charge in [-0.2, -0.15) is 0 Å². The number of hydrogen-bond donors (Lipinski definition) is 10. The minimum atomic E-state index is -1.26. The minimum Gasteiger partial charge on any atom is -0.393 e. The first kappa shape index (κ1) is 61.2. The second-order valence-electron chi connectivity index (χ2n) is 18.7. The molecule has 0 aliphatic rings. The molecule has 0 heterocycles. The van der Waals surface area contributed by atoms with Crippen LogP contribution in [0.4, 0.5) is 0 Å². The summed E-state index contributed by atoms with van der Waals surface area (Å²) in [5.74, 6) is -6.46. The summed E-state index contributed by atoms with van der Waals surface area (Å²) in [6, 6.07) is -7.89. The van der Waals surface area contributed by atoms with E-state index < -0.39 is 102 Å². The fourth-order valence-electron chi connectivity index (χ4n) is 6.58. The Labute approximate surface area is 395 Å². The maximum absolute atomic E-state index is 13.9. The molecule has 0 radical (unpaired) electrons. The Balaban J connectivity index is 6.18. The first-order chi connectivity index (χ1) is 30.6. The van der Waals surface area contributed by atoms with Gasteiger partial charge in [-0.15, -0.1) is 0 Å². The van der Waals surface area contributed by atoms with Crippen molar-refractivity contribution in [1.29, 1.82) is 0 Å². The first-order valence-electron chi connectivity index (χ1n) is 23.1. The van der Waals surface area contributed by atoms with Gasteiger partial charge in [0.05, 0.1) is 12.5 Å². The molecular formula is C45H81N9O11S. The molecule has 0 saturated heterocycles. The van der Waals surface area contributed by atoms with E-state index in [0.29, 0.717) is 12.2 Å². The summed E-state index contributed by atoms with van der Waals surface area (Å²) in [6.07, 6.45) is -0.657. The largest absolute Gasteiger partial charge is 0.393 e. The summed E-state index contributed by atoms with van der Waals surface area (Å²) >= 11 is 0.992. The average Bonchev–Trinajstić information content (AvgIpc) is 3.19. The fourth-order valence-corrected chi connectivity index (χ4v) is 7.45. The zero-order valence-electron chi connectivity index (χ0n) is 41.4. The predicted octanol–water partition coefficient (Wildman–Crippen LogP) is 0.673. The molecule has 11 N–H and O–H groups in total. The van der Waals surface area contributed by atoms with Gasteiger partial charge in [0.25, 0.3) is 0 Å². The van der Waals surface area contributed by atoms with Gasteiger partial charge in [-0.25, -0.2) is 0 Å². The van der Waals surface area contributed by atoms with E-state index in [1.54, 1.807) is 13.8 Å². The molecule has 0 unspecified atom stereocenters. The number of aliphatic hydroxyl groups excluding tert-OH is 1. The Morgan fingerprint density at radius 3 is 1.41 bits per heavy atom. The van der Waals surface area contributed by atoms with Gasteiger partial charge in [-0.05, 0) is 69.1 Å². The number of aliphatic hydroxyl groups is 1. The van der Waals surface area contributed by atoms with Crippen LogP contribution in [0.15, 0.2) is 0 Å². The maximum atomic E-state index is 13.9. The third-order valence-corrected chi connectivity index (χ3v) is 11.3. The minimum absolute atomic E-state index is 0.0493. The second kappa shape index (κ2) is 31.2. The first-order valence-corrected chi connectivity index (χ1v) is 24.1. The Morgan fingerprint density at radius 1 is 0.561 bits per heavy atom. The molecule has 0 fully saturated rings. The van der Waals surface area contributed by atoms with Gasteiger partial charge in [-0.1, -0.05) is 87.4 Å². The van der Waals surface area contributed by atoms with Crippen LogP contribution in [-0.4, -0.2) is 124 Å². The van der Waals surface area contributed by atoms with E-state index in [0.717, 1.165) is 11.8 Å². The van der Waals surface area contributed by atoms with Crippen molar-refractivity contribution in [3.05, 3.63) is 0 Å². The van der Waals surface area contributed by atoms with Gasteiger partial charge in [0, 0.05) is 25.6 Å². The van der Waals surface area contributed by atoms with Crippen LogP contribution in [0.3, 0.4) is 0 Å². The summed E-state index contributed by atoms with van der Waals surface area (Å²) in [6.45, 7) is 22.6. The van der Waals surface area contributed by atoms with E-state index in [9.17, 15) is 53.1 Å². The lowest BCUT2D eigenvalue weighted by atomic mass is 9.98. The van der Waals surface area contributed by atoms with Crippen LogP contribution in [0.1, 0.15) is 135 Å². The van der Waals surface area contributed by atoms with Crippen LogP contribution in [-0.2, 0) is 47.9 Å². The highest BCUT2D eigenvalue weighted by Crippen LogP contribution is 2.17. The molecule has 0 rings (SSSR count). The van der Waals surface area contributed by atoms with E-state index in [1.807, 2.05) is 55.4 Å². The van der Waals surface area contributed by atoms with Gasteiger partial charge in [0.2, 0.25) is 58.3 Å². The topological polar surface area (TPSA) is 313 Å². The maximum Gasteiger partial charge on any atom is 0.243 e. The molecule has 0 aromatic carbocycles. The van der Waals surface area contributed by atoms with Crippen LogP contribution in [0.25, 0.3) is 0 Å². The molecule has 0 spiro atoms. The normalized spacial score (nSPS) is 15.5. The molecule has 21 heteroatoms. The van der Waals surface area contributed by atoms with E-state index in [2.05, 4.69) is 42.5 Å². The number of rotatable bonds is 31. The molecule has 9 amide bonds. The van der Waals surface area contributed by atoms with Gasteiger partial charge in [0.15, 0.2) is 0 Å². The Bertz CT molecular complexity index is 1640. The quantitative estimate of drug-likeness (QED) is 0.0429. The smallest absolute Gasteiger partial charge is 0.243 e. The number of amides is 9. The Morgan fingerprint density at radius 2 is 1.00 bits per heavy atom. The summed E-state index contributed by atoms with van der Waals surface area (Å²) in [5, 5.41) is 30.7. The molecule has 9 atom stereocenters. The van der Waals surface area contributed by atoms with E-state index in [-0.39, 0.29) is 79.8 Å². The van der Waals surface area contributed by atoms with Crippen LogP contribution in [0.5, 0.6) is 0 Å². The lowest BCUT2D eigenvalue weighted by Crippen LogP contribution is -2.60. The molecule has 0 aromatic heterocycles. The van der Waals surface area contributed by atoms with Crippen molar-refractivity contribution < 1.29 is 53.1 Å². The molecule has 0 aromatic rings. The lowest BCUT2D eigenvalue weighted by Gasteiger charge is -2.29. The van der Waals surface area contributed by atoms with Crippen LogP contribution in [0, 0.1) is 29.6 Å². The highest BCUT2D eigenvalue weighted by Gasteiger charge is 2.35. The molecule has 0 saturated carbocycles. The molecule has 0 aliphatic carbocycles. The summed E-state index contributed by atoms with van der Waals surface area (Å²) in [4.78, 5) is 131. The number of hydrogen-bond acceptors (Lipinski definition) is 12.